The van der Waals surface area contributed by atoms with Gasteiger partial charge < -0.3 is 14.6 Å². The number of pyridine rings is 1. The van der Waals surface area contributed by atoms with Gasteiger partial charge in [-0.05, 0) is 48.7 Å². The van der Waals surface area contributed by atoms with E-state index in [-0.39, 0.29) is 35.4 Å². The second-order valence-electron chi connectivity index (χ2n) is 7.27. The maximum Gasteiger partial charge on any atom is 0.239 e. The van der Waals surface area contributed by atoms with Gasteiger partial charge in [0.2, 0.25) is 11.3 Å². The van der Waals surface area contributed by atoms with E-state index in [1.165, 1.54) is 31.5 Å². The van der Waals surface area contributed by atoms with E-state index in [4.69, 9.17) is 16.3 Å². The minimum absolute atomic E-state index is 0.0209. The number of aryl methyl sites for hydroxylation is 1. The first-order valence-corrected chi connectivity index (χ1v) is 10.3. The highest BCUT2D eigenvalue weighted by Gasteiger charge is 2.15. The third-order valence-electron chi connectivity index (χ3n) is 5.14. The van der Waals surface area contributed by atoms with Gasteiger partial charge in [0.25, 0.3) is 0 Å². The lowest BCUT2D eigenvalue weighted by atomic mass is 9.88. The SMILES string of the molecule is COc1cn(CC(=O)NCC[C@@H](c2ccc(F)cc2)c2ccc(Cl)cc2)c(C)cc1=O. The zero-order valence-corrected chi connectivity index (χ0v) is 18.2. The molecule has 1 aromatic heterocycles. The summed E-state index contributed by atoms with van der Waals surface area (Å²) in [7, 11) is 1.42. The van der Waals surface area contributed by atoms with Crippen LogP contribution in [0.25, 0.3) is 0 Å². The third kappa shape index (κ3) is 5.95. The lowest BCUT2D eigenvalue weighted by Gasteiger charge is -2.19. The van der Waals surface area contributed by atoms with Gasteiger partial charge in [0.05, 0.1) is 13.3 Å². The van der Waals surface area contributed by atoms with Crippen LogP contribution >= 0.6 is 11.6 Å². The van der Waals surface area contributed by atoms with Gasteiger partial charge in [-0.1, -0.05) is 35.9 Å². The largest absolute Gasteiger partial charge is 0.491 e. The Balaban J connectivity index is 1.68. The molecular formula is C24H24ClFN2O3. The van der Waals surface area contributed by atoms with Crippen molar-refractivity contribution in [3.8, 4) is 5.75 Å². The van der Waals surface area contributed by atoms with Crippen LogP contribution in [0.5, 0.6) is 5.75 Å². The highest BCUT2D eigenvalue weighted by molar-refractivity contribution is 6.30. The molecule has 0 fully saturated rings. The summed E-state index contributed by atoms with van der Waals surface area (Å²) in [5.74, 6) is -0.300. The predicted molar refractivity (Wildman–Crippen MR) is 119 cm³/mol. The van der Waals surface area contributed by atoms with E-state index in [0.717, 1.165) is 11.1 Å². The van der Waals surface area contributed by atoms with Crippen molar-refractivity contribution in [3.05, 3.63) is 98.7 Å². The van der Waals surface area contributed by atoms with E-state index in [9.17, 15) is 14.0 Å². The van der Waals surface area contributed by atoms with E-state index in [0.29, 0.717) is 23.7 Å². The van der Waals surface area contributed by atoms with E-state index < -0.39 is 0 Å². The second-order valence-corrected chi connectivity index (χ2v) is 7.71. The third-order valence-corrected chi connectivity index (χ3v) is 5.39. The molecule has 1 heterocycles. The van der Waals surface area contributed by atoms with Crippen molar-refractivity contribution in [3.63, 3.8) is 0 Å². The molecule has 162 valence electrons. The Morgan fingerprint density at radius 1 is 1.13 bits per heavy atom. The number of hydrogen-bond donors (Lipinski definition) is 1. The number of methoxy groups -OCH3 is 1. The normalized spacial score (nSPS) is 11.7. The number of nitrogens with one attached hydrogen (secondary N) is 1. The van der Waals surface area contributed by atoms with Gasteiger partial charge >= 0.3 is 0 Å². The van der Waals surface area contributed by atoms with E-state index in [1.807, 2.05) is 24.3 Å². The fourth-order valence-corrected chi connectivity index (χ4v) is 3.58. The summed E-state index contributed by atoms with van der Waals surface area (Å²) in [6.45, 7) is 2.27. The van der Waals surface area contributed by atoms with Crippen LogP contribution in [-0.2, 0) is 11.3 Å². The van der Waals surface area contributed by atoms with Gasteiger partial charge in [-0.2, -0.15) is 0 Å². The Bertz CT molecular complexity index is 1050. The van der Waals surface area contributed by atoms with E-state index in [2.05, 4.69) is 5.32 Å². The maximum atomic E-state index is 13.4. The van der Waals surface area contributed by atoms with Crippen LogP contribution < -0.4 is 15.5 Å². The molecule has 1 amide bonds. The van der Waals surface area contributed by atoms with Crippen LogP contribution in [0.15, 0.2) is 65.6 Å². The Labute approximate surface area is 185 Å². The molecule has 2 aromatic carbocycles. The molecule has 0 spiro atoms. The number of ether oxygens (including phenoxy) is 1. The molecule has 0 saturated carbocycles. The van der Waals surface area contributed by atoms with Crippen LogP contribution in [-0.4, -0.2) is 24.1 Å². The number of nitrogens with zero attached hydrogens (tertiary/aromatic N) is 1. The van der Waals surface area contributed by atoms with Crippen LogP contribution in [0, 0.1) is 12.7 Å². The number of rotatable bonds is 8. The molecule has 0 aliphatic rings. The molecule has 0 unspecified atom stereocenters. The monoisotopic (exact) mass is 442 g/mol. The molecule has 0 radical (unpaired) electrons. The first-order chi connectivity index (χ1) is 14.9. The lowest BCUT2D eigenvalue weighted by Crippen LogP contribution is -2.30. The smallest absolute Gasteiger partial charge is 0.239 e. The molecule has 7 heteroatoms. The summed E-state index contributed by atoms with van der Waals surface area (Å²) in [4.78, 5) is 24.3. The standard InChI is InChI=1S/C24H24ClFN2O3/c1-16-13-22(29)23(31-2)14-28(16)15-24(30)27-12-11-21(17-3-7-19(25)8-4-17)18-5-9-20(26)10-6-18/h3-10,13-14,21H,11-12,15H2,1-2H3,(H,27,30)/t21-/m1/s1. The molecule has 3 aromatic rings. The maximum absolute atomic E-state index is 13.4. The van der Waals surface area contributed by atoms with Gasteiger partial charge in [0, 0.05) is 29.2 Å². The Morgan fingerprint density at radius 2 is 1.74 bits per heavy atom. The first kappa shape index (κ1) is 22.6. The number of benzene rings is 2. The van der Waals surface area contributed by atoms with Gasteiger partial charge in [-0.15, -0.1) is 0 Å². The number of hydrogen-bond acceptors (Lipinski definition) is 3. The van der Waals surface area contributed by atoms with Crippen LogP contribution in [0.2, 0.25) is 5.02 Å². The first-order valence-electron chi connectivity index (χ1n) is 9.90. The quantitative estimate of drug-likeness (QED) is 0.566. The van der Waals surface area contributed by atoms with E-state index in [1.54, 1.807) is 23.6 Å². The summed E-state index contributed by atoms with van der Waals surface area (Å²) in [6.07, 6.45) is 2.16. The molecule has 1 N–H and O–H groups in total. The minimum Gasteiger partial charge on any atom is -0.491 e. The van der Waals surface area contributed by atoms with E-state index >= 15 is 0 Å². The Hall–Kier alpha value is -3.12. The Morgan fingerprint density at radius 3 is 2.35 bits per heavy atom. The van der Waals surface area contributed by atoms with Crippen LogP contribution in [0.1, 0.15) is 29.2 Å². The summed E-state index contributed by atoms with van der Waals surface area (Å²) < 4.78 is 20.1. The highest BCUT2D eigenvalue weighted by atomic mass is 35.5. The van der Waals surface area contributed by atoms with Gasteiger partial charge in [0.1, 0.15) is 12.4 Å². The van der Waals surface area contributed by atoms with Crippen molar-refractivity contribution < 1.29 is 13.9 Å². The number of carbonyl (C=O) groups is 1. The number of aromatic nitrogens is 1. The number of halogens is 2. The molecule has 0 bridgehead atoms. The summed E-state index contributed by atoms with van der Waals surface area (Å²) in [5.41, 5.74) is 2.44. The molecule has 1 atom stereocenters. The minimum atomic E-state index is -0.293. The van der Waals surface area contributed by atoms with Gasteiger partial charge in [0.15, 0.2) is 5.75 Å². The molecule has 0 aliphatic heterocycles. The zero-order chi connectivity index (χ0) is 22.4. The topological polar surface area (TPSA) is 60.3 Å². The molecule has 3 rings (SSSR count). The van der Waals surface area contributed by atoms with Crippen molar-refractivity contribution in [1.82, 2.24) is 9.88 Å². The van der Waals surface area contributed by atoms with Crippen molar-refractivity contribution in [2.24, 2.45) is 0 Å². The van der Waals surface area contributed by atoms with Crippen LogP contribution in [0.4, 0.5) is 4.39 Å². The van der Waals surface area contributed by atoms with Gasteiger partial charge in [-0.25, -0.2) is 4.39 Å². The fraction of sp³-hybridized carbons (Fsp3) is 0.250. The van der Waals surface area contributed by atoms with Gasteiger partial charge in [-0.3, -0.25) is 9.59 Å². The predicted octanol–water partition coefficient (Wildman–Crippen LogP) is 4.30. The number of carbonyl (C=O) groups excluding carboxylic acids is 1. The van der Waals surface area contributed by atoms with Crippen molar-refractivity contribution >= 4 is 17.5 Å². The molecule has 0 aliphatic carbocycles. The fourth-order valence-electron chi connectivity index (χ4n) is 3.46. The molecule has 5 nitrogen and oxygen atoms in total. The average Bonchev–Trinajstić information content (AvgIpc) is 2.75. The van der Waals surface area contributed by atoms with Crippen molar-refractivity contribution in [1.29, 1.82) is 0 Å². The highest BCUT2D eigenvalue weighted by Crippen LogP contribution is 2.29. The number of amides is 1. The lowest BCUT2D eigenvalue weighted by molar-refractivity contribution is -0.121. The molecular weight excluding hydrogens is 419 g/mol. The van der Waals surface area contributed by atoms with Crippen molar-refractivity contribution in [2.45, 2.75) is 25.8 Å². The summed E-state index contributed by atoms with van der Waals surface area (Å²) in [6, 6.07) is 15.3. The zero-order valence-electron chi connectivity index (χ0n) is 17.4. The second kappa shape index (κ2) is 10.3. The average molecular weight is 443 g/mol. The Kier molecular flexibility index (Phi) is 7.47. The van der Waals surface area contributed by atoms with Crippen LogP contribution in [0.3, 0.4) is 0 Å². The molecule has 0 saturated heterocycles. The van der Waals surface area contributed by atoms with Crippen molar-refractivity contribution in [2.75, 3.05) is 13.7 Å². The summed E-state index contributed by atoms with van der Waals surface area (Å²) in [5, 5.41) is 3.56. The molecule has 31 heavy (non-hydrogen) atoms. The summed E-state index contributed by atoms with van der Waals surface area (Å²) >= 11 is 6.01.